The minimum absolute atomic E-state index is 0. The van der Waals surface area contributed by atoms with Crippen LogP contribution in [0.5, 0.6) is 0 Å². The Kier molecular flexibility index (Phi) is 5.64. The lowest BCUT2D eigenvalue weighted by atomic mass is 10.5. The lowest BCUT2D eigenvalue weighted by molar-refractivity contribution is -0.383. The van der Waals surface area contributed by atoms with Crippen molar-refractivity contribution in [1.29, 1.82) is 0 Å². The van der Waals surface area contributed by atoms with Gasteiger partial charge in [-0.1, -0.05) is 0 Å². The quantitative estimate of drug-likeness (QED) is 0.505. The van der Waals surface area contributed by atoms with E-state index in [-0.39, 0.29) is 24.0 Å². The van der Waals surface area contributed by atoms with Gasteiger partial charge >= 0.3 is 11.7 Å². The Bertz CT molecular complexity index is 229. The molecule has 1 rings (SSSR count). The zero-order valence-electron chi connectivity index (χ0n) is 5.25. The summed E-state index contributed by atoms with van der Waals surface area (Å²) in [6.45, 7) is 0. The van der Waals surface area contributed by atoms with Gasteiger partial charge in [0.1, 0.15) is 6.20 Å². The fourth-order valence-corrected chi connectivity index (χ4v) is 0.715. The second-order valence-corrected chi connectivity index (χ2v) is 1.96. The predicted molar refractivity (Wildman–Crippen MR) is 40.2 cm³/mol. The highest BCUT2D eigenvalue weighted by Gasteiger charge is 2.12. The van der Waals surface area contributed by atoms with Gasteiger partial charge in [-0.2, -0.15) is 0 Å². The van der Waals surface area contributed by atoms with E-state index in [1.807, 2.05) is 0 Å². The number of aromatic amines is 1. The summed E-state index contributed by atoms with van der Waals surface area (Å²) in [6.07, 6.45) is 4.51. The summed E-state index contributed by atoms with van der Waals surface area (Å²) in [5.74, 6) is -0.422. The van der Waals surface area contributed by atoms with Crippen molar-refractivity contribution in [1.82, 2.24) is 4.98 Å². The van der Waals surface area contributed by atoms with E-state index in [9.17, 15) is 4.79 Å². The molecule has 1 heterocycles. The van der Waals surface area contributed by atoms with Crippen LogP contribution in [0.3, 0.4) is 0 Å². The zero-order chi connectivity index (χ0) is 7.40. The molecule has 0 aliphatic rings. The van der Waals surface area contributed by atoms with Crippen molar-refractivity contribution >= 4 is 29.0 Å². The van der Waals surface area contributed by atoms with Crippen LogP contribution < -0.4 is 29.0 Å². The van der Waals surface area contributed by atoms with Crippen LogP contribution in [0.25, 0.3) is 0 Å². The Morgan fingerprint density at radius 3 is 2.91 bits per heavy atom. The van der Waals surface area contributed by atoms with Gasteiger partial charge in [0.25, 0.3) is 0 Å². The monoisotopic (exact) mass is 378 g/mol. The van der Waals surface area contributed by atoms with Gasteiger partial charge in [0.15, 0.2) is 29.2 Å². The Morgan fingerprint density at radius 2 is 2.45 bits per heavy atom. The molecule has 0 spiro atoms. The van der Waals surface area contributed by atoms with Crippen molar-refractivity contribution in [2.24, 2.45) is 0 Å². The van der Waals surface area contributed by atoms with Crippen LogP contribution in [-0.2, 0) is 3.07 Å². The summed E-state index contributed by atoms with van der Waals surface area (Å²) in [4.78, 5) is 17.1. The summed E-state index contributed by atoms with van der Waals surface area (Å²) in [5.41, 5.74) is 0.344. The van der Waals surface area contributed by atoms with E-state index in [2.05, 4.69) is 13.0 Å². The molecule has 60 valence electrons. The maximum atomic E-state index is 10.7. The van der Waals surface area contributed by atoms with Gasteiger partial charge in [0, 0.05) is 0 Å². The summed E-state index contributed by atoms with van der Waals surface area (Å²) >= 11 is 1.52. The molecule has 11 heavy (non-hydrogen) atoms. The van der Waals surface area contributed by atoms with Crippen molar-refractivity contribution < 1.29 is 36.8 Å². The van der Waals surface area contributed by atoms with Crippen LogP contribution in [0.15, 0.2) is 18.6 Å². The largest absolute Gasteiger partial charge is 1.00 e. The van der Waals surface area contributed by atoms with E-state index >= 15 is 0 Å². The van der Waals surface area contributed by atoms with Crippen LogP contribution in [0, 0.1) is 0 Å². The van der Waals surface area contributed by atoms with Crippen molar-refractivity contribution in [3.05, 3.63) is 24.3 Å². The topological polar surface area (TPSA) is 53.3 Å². The van der Waals surface area contributed by atoms with Crippen molar-refractivity contribution in [3.8, 4) is 0 Å². The minimum Gasteiger partial charge on any atom is -1.00 e. The SMILES string of the molecule is O=C(OI)c1cncc[nH+]1.[I-]. The Balaban J connectivity index is 0.000001000. The summed E-state index contributed by atoms with van der Waals surface area (Å²) in [5, 5.41) is 0. The summed E-state index contributed by atoms with van der Waals surface area (Å²) in [7, 11) is 0. The molecule has 0 fully saturated rings. The standard InChI is InChI=1S/C5H3IN2O2.HI/c6-10-5(9)4-3-7-1-2-8-4;/h1-3H;1H. The number of hydrogen-bond donors (Lipinski definition) is 0. The molecule has 0 bridgehead atoms. The number of carbonyl (C=O) groups excluding carboxylic acids is 1. The lowest BCUT2D eigenvalue weighted by Crippen LogP contribution is -3.00. The van der Waals surface area contributed by atoms with Crippen LogP contribution in [0.4, 0.5) is 0 Å². The number of rotatable bonds is 1. The van der Waals surface area contributed by atoms with Gasteiger partial charge in [-0.15, -0.1) is 0 Å². The van der Waals surface area contributed by atoms with E-state index in [1.165, 1.54) is 29.2 Å². The molecule has 0 aromatic carbocycles. The molecule has 0 atom stereocenters. The van der Waals surface area contributed by atoms with Gasteiger partial charge in [-0.25, -0.2) is 9.78 Å². The zero-order valence-corrected chi connectivity index (χ0v) is 9.57. The number of carbonyl (C=O) groups is 1. The molecule has 0 saturated heterocycles. The molecule has 0 radical (unpaired) electrons. The average Bonchev–Trinajstić information content (AvgIpc) is 2.05. The fourth-order valence-electron chi connectivity index (χ4n) is 0.478. The van der Waals surface area contributed by atoms with Crippen LogP contribution in [0.2, 0.25) is 0 Å². The summed E-state index contributed by atoms with van der Waals surface area (Å²) < 4.78 is 4.40. The van der Waals surface area contributed by atoms with E-state index < -0.39 is 5.97 Å². The Morgan fingerprint density at radius 1 is 1.73 bits per heavy atom. The van der Waals surface area contributed by atoms with Gasteiger partial charge in [-0.05, 0) is 0 Å². The number of nitrogens with one attached hydrogen (secondary N) is 1. The lowest BCUT2D eigenvalue weighted by Gasteiger charge is -1.86. The van der Waals surface area contributed by atoms with E-state index in [1.54, 1.807) is 12.4 Å². The third kappa shape index (κ3) is 3.27. The second kappa shape index (κ2) is 5.63. The molecule has 0 unspecified atom stereocenters. The highest BCUT2D eigenvalue weighted by Crippen LogP contribution is 1.94. The van der Waals surface area contributed by atoms with E-state index in [0.717, 1.165) is 0 Å². The summed E-state index contributed by atoms with van der Waals surface area (Å²) in [6, 6.07) is 0. The first-order valence-electron chi connectivity index (χ1n) is 2.49. The average molecular weight is 378 g/mol. The highest BCUT2D eigenvalue weighted by atomic mass is 127. The maximum Gasteiger partial charge on any atom is 0.414 e. The first kappa shape index (κ1) is 11.0. The molecular weight excluding hydrogens is 374 g/mol. The molecule has 0 amide bonds. The molecule has 0 aliphatic heterocycles. The first-order valence-corrected chi connectivity index (χ1v) is 3.37. The van der Waals surface area contributed by atoms with Gasteiger partial charge in [0.2, 0.25) is 0 Å². The number of hydrogen-bond acceptors (Lipinski definition) is 3. The molecule has 1 N–H and O–H groups in total. The Hall–Kier alpha value is 0.0100. The van der Waals surface area contributed by atoms with Crippen molar-refractivity contribution in [2.45, 2.75) is 0 Å². The maximum absolute atomic E-state index is 10.7. The van der Waals surface area contributed by atoms with Gasteiger partial charge in [0.05, 0.1) is 6.20 Å². The van der Waals surface area contributed by atoms with E-state index in [0.29, 0.717) is 5.69 Å². The fraction of sp³-hybridized carbons (Fsp3) is 0. The van der Waals surface area contributed by atoms with Crippen molar-refractivity contribution in [3.63, 3.8) is 0 Å². The third-order valence-corrected chi connectivity index (χ3v) is 1.29. The Labute approximate surface area is 94.5 Å². The molecule has 6 heteroatoms. The van der Waals surface area contributed by atoms with Gasteiger partial charge in [-0.3, -0.25) is 4.98 Å². The molecule has 4 nitrogen and oxygen atoms in total. The number of H-pyrrole nitrogens is 1. The minimum atomic E-state index is -0.422. The molecule has 0 aliphatic carbocycles. The molecule has 1 aromatic heterocycles. The molecular formula is C5H4I2N2O2. The van der Waals surface area contributed by atoms with Gasteiger partial charge < -0.3 is 27.0 Å². The van der Waals surface area contributed by atoms with Crippen LogP contribution >= 0.6 is 23.0 Å². The number of aromatic nitrogens is 2. The number of halogens is 2. The molecule has 1 aromatic rings. The van der Waals surface area contributed by atoms with Crippen molar-refractivity contribution in [2.75, 3.05) is 0 Å². The predicted octanol–water partition coefficient (Wildman–Crippen LogP) is -2.59. The molecule has 0 saturated carbocycles. The smallest absolute Gasteiger partial charge is 0.414 e. The third-order valence-electron chi connectivity index (χ3n) is 0.893. The van der Waals surface area contributed by atoms with Crippen LogP contribution in [-0.4, -0.2) is 11.0 Å². The second-order valence-electron chi connectivity index (χ2n) is 1.52. The van der Waals surface area contributed by atoms with E-state index in [4.69, 9.17) is 0 Å². The first-order chi connectivity index (χ1) is 4.84. The highest BCUT2D eigenvalue weighted by molar-refractivity contribution is 14.1. The number of nitrogens with zero attached hydrogens (tertiary/aromatic N) is 1. The normalized spacial score (nSPS) is 8.09. The van der Waals surface area contributed by atoms with Crippen LogP contribution in [0.1, 0.15) is 10.5 Å².